The Kier molecular flexibility index (Phi) is 6.91. The number of anilines is 1. The van der Waals surface area contributed by atoms with Crippen LogP contribution in [-0.2, 0) is 17.8 Å². The van der Waals surface area contributed by atoms with E-state index >= 15 is 0 Å². The maximum atomic E-state index is 13.5. The molecule has 0 bridgehead atoms. The molecule has 196 valence electrons. The zero-order valence-corrected chi connectivity index (χ0v) is 21.5. The third-order valence-electron chi connectivity index (χ3n) is 6.40. The van der Waals surface area contributed by atoms with E-state index in [-0.39, 0.29) is 40.1 Å². The van der Waals surface area contributed by atoms with Gasteiger partial charge in [0.15, 0.2) is 0 Å². The molecule has 1 heterocycles. The Labute approximate surface area is 223 Å². The van der Waals surface area contributed by atoms with Crippen LogP contribution in [0.25, 0.3) is 22.3 Å². The lowest BCUT2D eigenvalue weighted by atomic mass is 10.00. The fourth-order valence-electron chi connectivity index (χ4n) is 4.42. The number of furan rings is 1. The van der Waals surface area contributed by atoms with E-state index < -0.39 is 27.9 Å². The Morgan fingerprint density at radius 1 is 1.21 bits per heavy atom. The fraction of sp³-hybridized carbons (Fsp3) is 0.192. The fourth-order valence-corrected chi connectivity index (χ4v) is 5.27. The molecular weight excluding hydrogens is 537 g/mol. The molecule has 1 aliphatic carbocycles. The van der Waals surface area contributed by atoms with Gasteiger partial charge in [-0.2, -0.15) is 0 Å². The standard InChI is InChI=1S/C26H21ClFN3O6S/c1-29-26(32)24-19-11-18(15-3-4-15)22(12-23(19)37-25(24)16-5-7-17(28)8-6-16)30(38(35)36)13-14-2-9-21(31(33)34)20(27)10-14/h2,5-12,15H,3-4,13H2,1H3,(H,29,32)(H,35,36)/p-1. The number of nitrogens with one attached hydrogen (secondary N) is 1. The van der Waals surface area contributed by atoms with Crippen molar-refractivity contribution in [1.29, 1.82) is 0 Å². The smallest absolute Gasteiger partial charge is 0.287 e. The van der Waals surface area contributed by atoms with Crippen molar-refractivity contribution in [3.05, 3.63) is 92.2 Å². The number of rotatable bonds is 8. The molecule has 1 N–H and O–H groups in total. The van der Waals surface area contributed by atoms with Gasteiger partial charge in [0.2, 0.25) is 0 Å². The van der Waals surface area contributed by atoms with Crippen molar-refractivity contribution in [3.63, 3.8) is 0 Å². The second kappa shape index (κ2) is 10.2. The monoisotopic (exact) mass is 556 g/mol. The van der Waals surface area contributed by atoms with Crippen LogP contribution in [-0.4, -0.2) is 26.6 Å². The van der Waals surface area contributed by atoms with Gasteiger partial charge in [0.1, 0.15) is 22.2 Å². The van der Waals surface area contributed by atoms with Gasteiger partial charge in [0.25, 0.3) is 11.6 Å². The lowest BCUT2D eigenvalue weighted by Crippen LogP contribution is -2.26. The number of hydrogen-bond acceptors (Lipinski definition) is 6. The number of halogens is 2. The number of nitro groups is 1. The van der Waals surface area contributed by atoms with Crippen LogP contribution in [0.1, 0.15) is 40.2 Å². The molecule has 1 saturated carbocycles. The highest BCUT2D eigenvalue weighted by Gasteiger charge is 2.31. The molecule has 1 fully saturated rings. The Hall–Kier alpha value is -3.80. The predicted octanol–water partition coefficient (Wildman–Crippen LogP) is 5.84. The maximum absolute atomic E-state index is 13.5. The highest BCUT2D eigenvalue weighted by atomic mass is 35.5. The third kappa shape index (κ3) is 4.87. The molecule has 3 aromatic carbocycles. The second-order valence-corrected chi connectivity index (χ2v) is 10.2. The number of nitrogens with zero attached hydrogens (tertiary/aromatic N) is 2. The molecule has 38 heavy (non-hydrogen) atoms. The zero-order valence-electron chi connectivity index (χ0n) is 19.9. The highest BCUT2D eigenvalue weighted by molar-refractivity contribution is 7.80. The molecule has 1 aliphatic rings. The van der Waals surface area contributed by atoms with E-state index in [1.165, 1.54) is 49.5 Å². The lowest BCUT2D eigenvalue weighted by Gasteiger charge is -2.29. The third-order valence-corrected chi connectivity index (χ3v) is 7.39. The molecule has 1 amide bonds. The van der Waals surface area contributed by atoms with Crippen molar-refractivity contribution in [1.82, 2.24) is 5.32 Å². The summed E-state index contributed by atoms with van der Waals surface area (Å²) in [5.74, 6) is -0.523. The molecule has 0 radical (unpaired) electrons. The molecule has 0 saturated heterocycles. The van der Waals surface area contributed by atoms with Crippen LogP contribution in [0.4, 0.5) is 15.8 Å². The topological polar surface area (TPSA) is 129 Å². The number of amides is 1. The van der Waals surface area contributed by atoms with E-state index in [0.717, 1.165) is 22.7 Å². The molecule has 4 aromatic rings. The van der Waals surface area contributed by atoms with E-state index in [1.54, 1.807) is 12.1 Å². The summed E-state index contributed by atoms with van der Waals surface area (Å²) in [7, 11) is 1.49. The minimum atomic E-state index is -2.72. The lowest BCUT2D eigenvalue weighted by molar-refractivity contribution is -0.384. The minimum absolute atomic E-state index is 0.0857. The molecule has 1 atom stereocenters. The van der Waals surface area contributed by atoms with Crippen molar-refractivity contribution < 1.29 is 27.3 Å². The van der Waals surface area contributed by atoms with Gasteiger partial charge in [-0.3, -0.25) is 23.4 Å². The molecule has 0 spiro atoms. The Morgan fingerprint density at radius 2 is 1.92 bits per heavy atom. The van der Waals surface area contributed by atoms with E-state index in [9.17, 15) is 28.1 Å². The summed E-state index contributed by atoms with van der Waals surface area (Å²) < 4.78 is 45.6. The molecule has 1 unspecified atom stereocenters. The van der Waals surface area contributed by atoms with Gasteiger partial charge in [-0.05, 0) is 66.3 Å². The van der Waals surface area contributed by atoms with E-state index in [1.807, 2.05) is 0 Å². The normalized spacial score (nSPS) is 13.9. The number of nitro benzene ring substituents is 1. The van der Waals surface area contributed by atoms with Crippen LogP contribution < -0.4 is 9.62 Å². The SMILES string of the molecule is CNC(=O)c1c(-c2ccc(F)cc2)oc2cc(N(Cc3ccc([N+](=O)[O-])c(Cl)c3)S(=O)[O-])c(C3CC3)cc12. The summed E-state index contributed by atoms with van der Waals surface area (Å²) in [4.78, 5) is 23.4. The number of hydrogen-bond donors (Lipinski definition) is 1. The molecular formula is C26H20ClFN3O6S-. The van der Waals surface area contributed by atoms with Crippen molar-refractivity contribution in [2.75, 3.05) is 11.4 Å². The molecule has 9 nitrogen and oxygen atoms in total. The molecule has 1 aromatic heterocycles. The summed E-state index contributed by atoms with van der Waals surface area (Å²) in [6.45, 7) is -0.132. The average molecular weight is 557 g/mol. The van der Waals surface area contributed by atoms with Crippen LogP contribution in [0.3, 0.4) is 0 Å². The van der Waals surface area contributed by atoms with Crippen LogP contribution in [0.15, 0.2) is 59.0 Å². The summed E-state index contributed by atoms with van der Waals surface area (Å²) in [5, 5.41) is 14.1. The Bertz CT molecular complexity index is 1600. The van der Waals surface area contributed by atoms with E-state index in [4.69, 9.17) is 16.0 Å². The molecule has 12 heteroatoms. The van der Waals surface area contributed by atoms with Crippen molar-refractivity contribution in [2.45, 2.75) is 25.3 Å². The first-order valence-electron chi connectivity index (χ1n) is 11.6. The Balaban J connectivity index is 1.66. The first-order valence-corrected chi connectivity index (χ1v) is 13.0. The molecule has 5 rings (SSSR count). The van der Waals surface area contributed by atoms with Gasteiger partial charge in [-0.25, -0.2) is 4.39 Å². The zero-order chi connectivity index (χ0) is 27.1. The largest absolute Gasteiger partial charge is 0.755 e. The van der Waals surface area contributed by atoms with Crippen LogP contribution >= 0.6 is 11.6 Å². The second-order valence-electron chi connectivity index (χ2n) is 8.87. The number of benzene rings is 3. The van der Waals surface area contributed by atoms with Gasteiger partial charge in [0, 0.05) is 41.4 Å². The number of carbonyl (C=O) groups excluding carboxylic acids is 1. The van der Waals surface area contributed by atoms with Gasteiger partial charge in [-0.1, -0.05) is 17.7 Å². The first kappa shape index (κ1) is 25.8. The summed E-state index contributed by atoms with van der Waals surface area (Å²) in [6.07, 6.45) is 1.69. The maximum Gasteiger partial charge on any atom is 0.287 e. The number of carbonyl (C=O) groups is 1. The first-order chi connectivity index (χ1) is 18.2. The highest BCUT2D eigenvalue weighted by Crippen LogP contribution is 2.48. The molecule has 0 aliphatic heterocycles. The van der Waals surface area contributed by atoms with E-state index in [2.05, 4.69) is 5.32 Å². The summed E-state index contributed by atoms with van der Waals surface area (Å²) >= 11 is 3.32. The van der Waals surface area contributed by atoms with Gasteiger partial charge >= 0.3 is 0 Å². The predicted molar refractivity (Wildman–Crippen MR) is 140 cm³/mol. The van der Waals surface area contributed by atoms with Gasteiger partial charge < -0.3 is 14.3 Å². The number of fused-ring (bicyclic) bond motifs is 1. The van der Waals surface area contributed by atoms with Crippen LogP contribution in [0.2, 0.25) is 5.02 Å². The quantitative estimate of drug-likeness (QED) is 0.165. The summed E-state index contributed by atoms with van der Waals surface area (Å²) in [6, 6.07) is 12.9. The van der Waals surface area contributed by atoms with Gasteiger partial charge in [0.05, 0.1) is 22.7 Å². The van der Waals surface area contributed by atoms with Crippen LogP contribution in [0.5, 0.6) is 0 Å². The average Bonchev–Trinajstić information content (AvgIpc) is 3.66. The van der Waals surface area contributed by atoms with Crippen molar-refractivity contribution >= 4 is 51.1 Å². The van der Waals surface area contributed by atoms with E-state index in [0.29, 0.717) is 22.2 Å². The van der Waals surface area contributed by atoms with Crippen LogP contribution in [0, 0.1) is 15.9 Å². The Morgan fingerprint density at radius 3 is 2.50 bits per heavy atom. The summed E-state index contributed by atoms with van der Waals surface area (Å²) in [5.41, 5.74) is 2.29. The van der Waals surface area contributed by atoms with Gasteiger partial charge in [-0.15, -0.1) is 0 Å². The minimum Gasteiger partial charge on any atom is -0.755 e. The van der Waals surface area contributed by atoms with Crippen molar-refractivity contribution in [2.24, 2.45) is 0 Å². The van der Waals surface area contributed by atoms with Crippen molar-refractivity contribution in [3.8, 4) is 11.3 Å².